The van der Waals surface area contributed by atoms with Crippen LogP contribution in [0, 0.1) is 0 Å². The first-order valence-electron chi connectivity index (χ1n) is 5.08. The molecule has 0 radical (unpaired) electrons. The molecule has 0 amide bonds. The Labute approximate surface area is 102 Å². The molecule has 0 atom stereocenters. The van der Waals surface area contributed by atoms with E-state index < -0.39 is 5.97 Å². The van der Waals surface area contributed by atoms with Crippen molar-refractivity contribution in [3.8, 4) is 0 Å². The quantitative estimate of drug-likeness (QED) is 0.840. The molecule has 0 saturated heterocycles. The van der Waals surface area contributed by atoms with Gasteiger partial charge < -0.3 is 10.1 Å². The van der Waals surface area contributed by atoms with Crippen molar-refractivity contribution in [1.29, 1.82) is 0 Å². The summed E-state index contributed by atoms with van der Waals surface area (Å²) in [5.41, 5.74) is 0.315. The van der Waals surface area contributed by atoms with Gasteiger partial charge >= 0.3 is 5.97 Å². The van der Waals surface area contributed by atoms with E-state index in [4.69, 9.17) is 4.74 Å². The molecule has 2 heterocycles. The van der Waals surface area contributed by atoms with E-state index >= 15 is 0 Å². The number of carbonyl (C=O) groups is 1. The van der Waals surface area contributed by atoms with E-state index in [9.17, 15) is 4.79 Å². The Kier molecular flexibility index (Phi) is 3.38. The molecule has 6 nitrogen and oxygen atoms in total. The van der Waals surface area contributed by atoms with Crippen LogP contribution in [-0.4, -0.2) is 27.3 Å². The molecule has 0 fully saturated rings. The van der Waals surface area contributed by atoms with Gasteiger partial charge in [-0.2, -0.15) is 5.10 Å². The number of aromatic nitrogens is 3. The van der Waals surface area contributed by atoms with E-state index in [0.717, 1.165) is 0 Å². The largest absolute Gasteiger partial charge is 0.461 e. The third-order valence-corrected chi connectivity index (χ3v) is 2.70. The summed E-state index contributed by atoms with van der Waals surface area (Å²) in [5, 5.41) is 9.44. The number of esters is 1. The van der Waals surface area contributed by atoms with E-state index in [0.29, 0.717) is 23.3 Å². The number of hydrogen-bond acceptors (Lipinski definition) is 6. The van der Waals surface area contributed by atoms with Crippen LogP contribution in [0.2, 0.25) is 0 Å². The summed E-state index contributed by atoms with van der Waals surface area (Å²) >= 11 is 1.34. The Balaban J connectivity index is 2.06. The lowest BCUT2D eigenvalue weighted by Gasteiger charge is -1.97. The van der Waals surface area contributed by atoms with Gasteiger partial charge in [0, 0.05) is 24.7 Å². The molecule has 0 saturated carbocycles. The second-order valence-electron chi connectivity index (χ2n) is 3.26. The van der Waals surface area contributed by atoms with Crippen LogP contribution >= 0.6 is 11.3 Å². The zero-order valence-corrected chi connectivity index (χ0v) is 10.3. The average molecular weight is 252 g/mol. The molecule has 1 N–H and O–H groups in total. The Bertz CT molecular complexity index is 520. The number of anilines is 2. The standard InChI is InChI=1S/C10H12N4O2S/c1-3-16-9(15)7-6-17-10(11-7)12-8-4-5-14(2)13-8/h4-6H,3H2,1-2H3,(H,11,12,13). The summed E-state index contributed by atoms with van der Waals surface area (Å²) in [4.78, 5) is 15.5. The lowest BCUT2D eigenvalue weighted by atomic mass is 10.5. The summed E-state index contributed by atoms with van der Waals surface area (Å²) in [6.07, 6.45) is 1.82. The van der Waals surface area contributed by atoms with Gasteiger partial charge in [-0.3, -0.25) is 4.68 Å². The summed E-state index contributed by atoms with van der Waals surface area (Å²) in [7, 11) is 1.83. The van der Waals surface area contributed by atoms with Crippen LogP contribution in [0.5, 0.6) is 0 Å². The van der Waals surface area contributed by atoms with Crippen molar-refractivity contribution in [3.63, 3.8) is 0 Å². The van der Waals surface area contributed by atoms with E-state index in [2.05, 4.69) is 15.4 Å². The SMILES string of the molecule is CCOC(=O)c1csc(Nc2ccn(C)n2)n1. The summed E-state index contributed by atoms with van der Waals surface area (Å²) in [6, 6.07) is 1.82. The van der Waals surface area contributed by atoms with Crippen LogP contribution in [0.3, 0.4) is 0 Å². The molecular formula is C10H12N4O2S. The van der Waals surface area contributed by atoms with E-state index in [1.165, 1.54) is 11.3 Å². The Hall–Kier alpha value is -1.89. The van der Waals surface area contributed by atoms with Crippen molar-refractivity contribution in [2.45, 2.75) is 6.92 Å². The number of hydrogen-bond donors (Lipinski definition) is 1. The maximum Gasteiger partial charge on any atom is 0.357 e. The number of nitrogens with one attached hydrogen (secondary N) is 1. The summed E-state index contributed by atoms with van der Waals surface area (Å²) < 4.78 is 6.54. The van der Waals surface area contributed by atoms with Gasteiger partial charge in [0.2, 0.25) is 0 Å². The zero-order chi connectivity index (χ0) is 12.3. The first kappa shape index (κ1) is 11.6. The second-order valence-corrected chi connectivity index (χ2v) is 4.12. The number of nitrogens with zero attached hydrogens (tertiary/aromatic N) is 3. The van der Waals surface area contributed by atoms with Gasteiger partial charge in [0.1, 0.15) is 0 Å². The maximum absolute atomic E-state index is 11.4. The smallest absolute Gasteiger partial charge is 0.357 e. The third kappa shape index (κ3) is 2.82. The van der Waals surface area contributed by atoms with Gasteiger partial charge in [0.15, 0.2) is 16.6 Å². The minimum atomic E-state index is -0.405. The van der Waals surface area contributed by atoms with Gasteiger partial charge in [-0.1, -0.05) is 0 Å². The molecule has 7 heteroatoms. The van der Waals surface area contributed by atoms with Crippen molar-refractivity contribution in [2.24, 2.45) is 7.05 Å². The van der Waals surface area contributed by atoms with Gasteiger partial charge in [0.05, 0.1) is 6.61 Å². The van der Waals surface area contributed by atoms with Crippen molar-refractivity contribution in [1.82, 2.24) is 14.8 Å². The fraction of sp³-hybridized carbons (Fsp3) is 0.300. The number of thiazole rings is 1. The highest BCUT2D eigenvalue weighted by Gasteiger charge is 2.11. The van der Waals surface area contributed by atoms with E-state index in [1.807, 2.05) is 19.3 Å². The molecule has 0 unspecified atom stereocenters. The molecule has 0 aliphatic rings. The predicted molar refractivity (Wildman–Crippen MR) is 64.6 cm³/mol. The fourth-order valence-corrected chi connectivity index (χ4v) is 1.91. The highest BCUT2D eigenvalue weighted by molar-refractivity contribution is 7.14. The lowest BCUT2D eigenvalue weighted by molar-refractivity contribution is 0.0520. The predicted octanol–water partition coefficient (Wildman–Crippen LogP) is 1.80. The average Bonchev–Trinajstić information content (AvgIpc) is 2.89. The van der Waals surface area contributed by atoms with Crippen LogP contribution in [-0.2, 0) is 11.8 Å². The highest BCUT2D eigenvalue weighted by atomic mass is 32.1. The molecule has 0 aliphatic carbocycles. The minimum Gasteiger partial charge on any atom is -0.461 e. The van der Waals surface area contributed by atoms with Gasteiger partial charge in [-0.05, 0) is 6.92 Å². The summed E-state index contributed by atoms with van der Waals surface area (Å²) in [5.74, 6) is 0.287. The lowest BCUT2D eigenvalue weighted by Crippen LogP contribution is -2.05. The first-order valence-corrected chi connectivity index (χ1v) is 5.96. The highest BCUT2D eigenvalue weighted by Crippen LogP contribution is 2.19. The topological polar surface area (TPSA) is 69.0 Å². The number of ether oxygens (including phenoxy) is 1. The van der Waals surface area contributed by atoms with Gasteiger partial charge in [-0.15, -0.1) is 11.3 Å². The van der Waals surface area contributed by atoms with E-state index in [1.54, 1.807) is 17.0 Å². The Morgan fingerprint density at radius 2 is 2.47 bits per heavy atom. The minimum absolute atomic E-state index is 0.315. The molecule has 0 aliphatic heterocycles. The maximum atomic E-state index is 11.4. The van der Waals surface area contributed by atoms with Crippen LogP contribution in [0.4, 0.5) is 10.9 Å². The van der Waals surface area contributed by atoms with Crippen LogP contribution in [0.1, 0.15) is 17.4 Å². The first-order chi connectivity index (χ1) is 8.19. The normalized spacial score (nSPS) is 10.2. The van der Waals surface area contributed by atoms with Crippen molar-refractivity contribution < 1.29 is 9.53 Å². The molecule has 2 rings (SSSR count). The van der Waals surface area contributed by atoms with Gasteiger partial charge in [-0.25, -0.2) is 9.78 Å². The summed E-state index contributed by atoms with van der Waals surface area (Å²) in [6.45, 7) is 2.11. The van der Waals surface area contributed by atoms with Crippen LogP contribution < -0.4 is 5.32 Å². The van der Waals surface area contributed by atoms with Crippen LogP contribution in [0.15, 0.2) is 17.6 Å². The molecule has 0 bridgehead atoms. The molecule has 17 heavy (non-hydrogen) atoms. The van der Waals surface area contributed by atoms with Crippen molar-refractivity contribution in [2.75, 3.05) is 11.9 Å². The van der Waals surface area contributed by atoms with Crippen molar-refractivity contribution >= 4 is 28.3 Å². The third-order valence-electron chi connectivity index (χ3n) is 1.94. The van der Waals surface area contributed by atoms with Crippen LogP contribution in [0.25, 0.3) is 0 Å². The fourth-order valence-electron chi connectivity index (χ4n) is 1.22. The monoisotopic (exact) mass is 252 g/mol. The number of carbonyl (C=O) groups excluding carboxylic acids is 1. The van der Waals surface area contributed by atoms with Crippen molar-refractivity contribution in [3.05, 3.63) is 23.3 Å². The second kappa shape index (κ2) is 4.96. The number of aryl methyl sites for hydroxylation is 1. The molecule has 0 aromatic carbocycles. The zero-order valence-electron chi connectivity index (χ0n) is 9.51. The Morgan fingerprint density at radius 1 is 1.65 bits per heavy atom. The molecule has 2 aromatic rings. The molecule has 90 valence electrons. The number of rotatable bonds is 4. The van der Waals surface area contributed by atoms with Gasteiger partial charge in [0.25, 0.3) is 0 Å². The van der Waals surface area contributed by atoms with E-state index in [-0.39, 0.29) is 0 Å². The Morgan fingerprint density at radius 3 is 3.12 bits per heavy atom. The molecular weight excluding hydrogens is 240 g/mol. The molecule has 2 aromatic heterocycles. The molecule has 0 spiro atoms.